The van der Waals surface area contributed by atoms with Gasteiger partial charge in [0.15, 0.2) is 5.13 Å². The van der Waals surface area contributed by atoms with E-state index in [2.05, 4.69) is 20.7 Å². The number of anilines is 2. The summed E-state index contributed by atoms with van der Waals surface area (Å²) in [6, 6.07) is 0. The molecule has 2 amide bonds. The van der Waals surface area contributed by atoms with E-state index < -0.39 is 11.9 Å². The highest BCUT2D eigenvalue weighted by Crippen LogP contribution is 2.16. The maximum Gasteiger partial charge on any atom is 0.325 e. The van der Waals surface area contributed by atoms with Crippen molar-refractivity contribution in [1.29, 1.82) is 0 Å². The zero-order valence-corrected chi connectivity index (χ0v) is 11.7. The van der Waals surface area contributed by atoms with E-state index in [1.165, 1.54) is 29.4 Å². The summed E-state index contributed by atoms with van der Waals surface area (Å²) in [6.45, 7) is 1.05. The van der Waals surface area contributed by atoms with E-state index in [0.29, 0.717) is 10.8 Å². The Kier molecular flexibility index (Phi) is 4.28. The Hall–Kier alpha value is -2.75. The molecule has 3 N–H and O–H groups in total. The lowest BCUT2D eigenvalue weighted by Gasteiger charge is -1.98. The molecule has 0 aliphatic heterocycles. The third kappa shape index (κ3) is 4.11. The van der Waals surface area contributed by atoms with E-state index in [-0.39, 0.29) is 18.1 Å². The maximum atomic E-state index is 11.9. The molecule has 0 aromatic carbocycles. The van der Waals surface area contributed by atoms with E-state index >= 15 is 0 Å². The lowest BCUT2D eigenvalue weighted by Crippen LogP contribution is -2.13. The fraction of sp³-hybridized carbons (Fsp3) is 0.182. The molecule has 0 saturated carbocycles. The Balaban J connectivity index is 2.00. The highest BCUT2D eigenvalue weighted by molar-refractivity contribution is 7.14. The number of carbonyl (C=O) groups is 3. The molecule has 0 atom stereocenters. The molecule has 2 aromatic heterocycles. The summed E-state index contributed by atoms with van der Waals surface area (Å²) in [5.74, 6) is -1.78. The quantitative estimate of drug-likeness (QED) is 0.743. The summed E-state index contributed by atoms with van der Waals surface area (Å²) >= 11 is 1.13. The molecule has 0 fully saturated rings. The van der Waals surface area contributed by atoms with Gasteiger partial charge in [0.05, 0.1) is 11.9 Å². The fourth-order valence-corrected chi connectivity index (χ4v) is 2.17. The number of carboxylic acid groups (broad SMARTS) is 1. The number of aliphatic carboxylic acids is 1. The van der Waals surface area contributed by atoms with Crippen LogP contribution in [0.4, 0.5) is 10.8 Å². The number of amides is 2. The lowest BCUT2D eigenvalue weighted by atomic mass is 10.4. The topological polar surface area (TPSA) is 126 Å². The number of hydrogen-bond donors (Lipinski definition) is 3. The molecule has 0 spiro atoms. The van der Waals surface area contributed by atoms with Gasteiger partial charge in [-0.15, -0.1) is 11.3 Å². The van der Waals surface area contributed by atoms with Crippen molar-refractivity contribution in [1.82, 2.24) is 14.8 Å². The molecule has 2 heterocycles. The van der Waals surface area contributed by atoms with Gasteiger partial charge in [-0.05, 0) is 0 Å². The standard InChI is InChI=1S/C11H11N5O4S/c1-6(17)13-11-15-8(5-21-11)10(20)14-7-2-12-16(3-7)4-9(18)19/h2-3,5H,4H2,1H3,(H,14,20)(H,18,19)(H,13,15,17). The van der Waals surface area contributed by atoms with Crippen molar-refractivity contribution < 1.29 is 19.5 Å². The first kappa shape index (κ1) is 14.7. The van der Waals surface area contributed by atoms with Crippen LogP contribution in [0.15, 0.2) is 17.8 Å². The lowest BCUT2D eigenvalue weighted by molar-refractivity contribution is -0.137. The summed E-state index contributed by atoms with van der Waals surface area (Å²) in [4.78, 5) is 37.3. The van der Waals surface area contributed by atoms with Crippen LogP contribution < -0.4 is 10.6 Å². The molecule has 2 rings (SSSR count). The second-order valence-corrected chi connectivity index (χ2v) is 4.85. The third-order valence-electron chi connectivity index (χ3n) is 2.21. The zero-order chi connectivity index (χ0) is 15.4. The van der Waals surface area contributed by atoms with E-state index in [0.717, 1.165) is 11.3 Å². The van der Waals surface area contributed by atoms with Gasteiger partial charge in [-0.3, -0.25) is 19.1 Å². The zero-order valence-electron chi connectivity index (χ0n) is 10.9. The number of carbonyl (C=O) groups excluding carboxylic acids is 2. The largest absolute Gasteiger partial charge is 0.480 e. The second-order valence-electron chi connectivity index (χ2n) is 3.99. The number of hydrogen-bond acceptors (Lipinski definition) is 6. The average molecular weight is 309 g/mol. The van der Waals surface area contributed by atoms with Gasteiger partial charge in [0.25, 0.3) is 5.91 Å². The Morgan fingerprint density at radius 3 is 2.81 bits per heavy atom. The number of rotatable bonds is 5. The van der Waals surface area contributed by atoms with Gasteiger partial charge in [-0.2, -0.15) is 5.10 Å². The fourth-order valence-electron chi connectivity index (χ4n) is 1.43. The molecule has 2 aromatic rings. The van der Waals surface area contributed by atoms with E-state index in [9.17, 15) is 14.4 Å². The van der Waals surface area contributed by atoms with Crippen molar-refractivity contribution in [2.24, 2.45) is 0 Å². The second kappa shape index (κ2) is 6.13. The first-order chi connectivity index (χ1) is 9.94. The molecular weight excluding hydrogens is 298 g/mol. The summed E-state index contributed by atoms with van der Waals surface area (Å²) in [7, 11) is 0. The number of nitrogens with one attached hydrogen (secondary N) is 2. The van der Waals surface area contributed by atoms with Gasteiger partial charge in [-0.25, -0.2) is 4.98 Å². The van der Waals surface area contributed by atoms with Crippen LogP contribution in [0.1, 0.15) is 17.4 Å². The van der Waals surface area contributed by atoms with Crippen LogP contribution in [-0.4, -0.2) is 37.7 Å². The Labute approximate surface area is 122 Å². The molecule has 0 aliphatic carbocycles. The predicted molar refractivity (Wildman–Crippen MR) is 74.2 cm³/mol. The van der Waals surface area contributed by atoms with E-state index in [1.54, 1.807) is 0 Å². The molecule has 9 nitrogen and oxygen atoms in total. The van der Waals surface area contributed by atoms with Crippen molar-refractivity contribution >= 4 is 39.9 Å². The molecule has 0 bridgehead atoms. The van der Waals surface area contributed by atoms with Gasteiger partial charge in [-0.1, -0.05) is 0 Å². The third-order valence-corrected chi connectivity index (χ3v) is 2.97. The minimum Gasteiger partial charge on any atom is -0.480 e. The molecule has 0 saturated heterocycles. The molecule has 110 valence electrons. The molecule has 0 radical (unpaired) electrons. The average Bonchev–Trinajstić information content (AvgIpc) is 2.97. The number of thiazole rings is 1. The van der Waals surface area contributed by atoms with Crippen LogP contribution in [0.2, 0.25) is 0 Å². The number of nitrogens with zero attached hydrogens (tertiary/aromatic N) is 3. The van der Waals surface area contributed by atoms with Crippen molar-refractivity contribution in [3.05, 3.63) is 23.5 Å². The first-order valence-corrected chi connectivity index (χ1v) is 6.60. The van der Waals surface area contributed by atoms with Crippen molar-refractivity contribution in [2.45, 2.75) is 13.5 Å². The SMILES string of the molecule is CC(=O)Nc1nc(C(=O)Nc2cnn(CC(=O)O)c2)cs1. The molecule has 21 heavy (non-hydrogen) atoms. The van der Waals surface area contributed by atoms with Crippen LogP contribution in [0.5, 0.6) is 0 Å². The maximum absolute atomic E-state index is 11.9. The number of carboxylic acids is 1. The van der Waals surface area contributed by atoms with Crippen molar-refractivity contribution in [2.75, 3.05) is 10.6 Å². The normalized spacial score (nSPS) is 10.1. The summed E-state index contributed by atoms with van der Waals surface area (Å²) in [5.41, 5.74) is 0.505. The Morgan fingerprint density at radius 2 is 2.14 bits per heavy atom. The van der Waals surface area contributed by atoms with Gasteiger partial charge in [0.2, 0.25) is 5.91 Å². The van der Waals surface area contributed by atoms with Crippen molar-refractivity contribution in [3.63, 3.8) is 0 Å². The Bertz CT molecular complexity index is 692. The molecule has 0 unspecified atom stereocenters. The summed E-state index contributed by atoms with van der Waals surface area (Å²) in [5, 5.41) is 19.3. The van der Waals surface area contributed by atoms with Crippen LogP contribution in [-0.2, 0) is 16.1 Å². The minimum atomic E-state index is -1.03. The molecule has 0 aliphatic rings. The highest BCUT2D eigenvalue weighted by atomic mass is 32.1. The van der Waals surface area contributed by atoms with Crippen LogP contribution >= 0.6 is 11.3 Å². The van der Waals surface area contributed by atoms with Gasteiger partial charge >= 0.3 is 5.97 Å². The minimum absolute atomic E-state index is 0.148. The Morgan fingerprint density at radius 1 is 1.38 bits per heavy atom. The summed E-state index contributed by atoms with van der Waals surface area (Å²) in [6.07, 6.45) is 2.73. The van der Waals surface area contributed by atoms with E-state index in [4.69, 9.17) is 5.11 Å². The first-order valence-electron chi connectivity index (χ1n) is 5.73. The smallest absolute Gasteiger partial charge is 0.325 e. The van der Waals surface area contributed by atoms with Crippen LogP contribution in [0.25, 0.3) is 0 Å². The van der Waals surface area contributed by atoms with E-state index in [1.807, 2.05) is 0 Å². The monoisotopic (exact) mass is 309 g/mol. The predicted octanol–water partition coefficient (Wildman–Crippen LogP) is 0.635. The van der Waals surface area contributed by atoms with Crippen LogP contribution in [0.3, 0.4) is 0 Å². The van der Waals surface area contributed by atoms with Gasteiger partial charge < -0.3 is 15.7 Å². The highest BCUT2D eigenvalue weighted by Gasteiger charge is 2.13. The molecular formula is C11H11N5O4S. The van der Waals surface area contributed by atoms with Crippen LogP contribution in [0, 0.1) is 0 Å². The van der Waals surface area contributed by atoms with Gasteiger partial charge in [0.1, 0.15) is 12.2 Å². The number of aromatic nitrogens is 3. The summed E-state index contributed by atoms with van der Waals surface area (Å²) < 4.78 is 1.18. The van der Waals surface area contributed by atoms with Crippen molar-refractivity contribution in [3.8, 4) is 0 Å². The molecule has 10 heteroatoms. The van der Waals surface area contributed by atoms with Gasteiger partial charge in [0, 0.05) is 18.5 Å².